The van der Waals surface area contributed by atoms with Crippen LogP contribution in [0.3, 0.4) is 0 Å². The Labute approximate surface area is 128 Å². The maximum Gasteiger partial charge on any atom is 0.331 e. The van der Waals surface area contributed by atoms with Crippen molar-refractivity contribution in [3.05, 3.63) is 21.9 Å². The summed E-state index contributed by atoms with van der Waals surface area (Å²) in [7, 11) is 0. The van der Waals surface area contributed by atoms with Gasteiger partial charge < -0.3 is 0 Å². The van der Waals surface area contributed by atoms with Gasteiger partial charge in [-0.25, -0.2) is 4.79 Å². The van der Waals surface area contributed by atoms with Gasteiger partial charge in [-0.3, -0.25) is 19.8 Å². The fraction of sp³-hybridized carbons (Fsp3) is 0.533. The molecule has 1 aliphatic rings. The number of urea groups is 1. The first-order valence-corrected chi connectivity index (χ1v) is 7.99. The predicted molar refractivity (Wildman–Crippen MR) is 81.0 cm³/mol. The predicted octanol–water partition coefficient (Wildman–Crippen LogP) is 2.48. The molecule has 6 heteroatoms. The topological polar surface area (TPSA) is 66.5 Å². The summed E-state index contributed by atoms with van der Waals surface area (Å²) in [6.07, 6.45) is 1.81. The van der Waals surface area contributed by atoms with Gasteiger partial charge in [0, 0.05) is 22.2 Å². The number of amides is 4. The molecule has 0 spiro atoms. The van der Waals surface area contributed by atoms with Crippen LogP contribution in [0.15, 0.2) is 12.1 Å². The maximum absolute atomic E-state index is 12.4. The number of hydrogen-bond acceptors (Lipinski definition) is 4. The number of rotatable bonds is 5. The molecule has 21 heavy (non-hydrogen) atoms. The molecule has 1 fully saturated rings. The molecule has 0 radical (unpaired) electrons. The Balaban J connectivity index is 2.14. The second kappa shape index (κ2) is 6.39. The van der Waals surface area contributed by atoms with Crippen molar-refractivity contribution in [2.24, 2.45) is 5.92 Å². The van der Waals surface area contributed by atoms with E-state index in [-0.39, 0.29) is 11.9 Å². The highest BCUT2D eigenvalue weighted by Crippen LogP contribution is 2.22. The van der Waals surface area contributed by atoms with Crippen LogP contribution in [0.2, 0.25) is 0 Å². The van der Waals surface area contributed by atoms with Crippen LogP contribution in [-0.4, -0.2) is 28.8 Å². The molecule has 2 unspecified atom stereocenters. The van der Waals surface area contributed by atoms with E-state index in [1.165, 1.54) is 9.78 Å². The molecular formula is C15H20N2O3S. The molecule has 2 heterocycles. The van der Waals surface area contributed by atoms with Crippen LogP contribution >= 0.6 is 11.3 Å². The minimum absolute atomic E-state index is 0.261. The van der Waals surface area contributed by atoms with E-state index in [1.54, 1.807) is 11.3 Å². The Morgan fingerprint density at radius 3 is 2.62 bits per heavy atom. The van der Waals surface area contributed by atoms with Crippen molar-refractivity contribution < 1.29 is 14.4 Å². The molecule has 1 aromatic rings. The molecule has 0 aliphatic carbocycles. The number of thiophene rings is 1. The van der Waals surface area contributed by atoms with Crippen molar-refractivity contribution in [2.75, 3.05) is 0 Å². The minimum atomic E-state index is -0.736. The van der Waals surface area contributed by atoms with Gasteiger partial charge in [-0.05, 0) is 32.4 Å². The molecule has 1 aliphatic heterocycles. The van der Waals surface area contributed by atoms with Gasteiger partial charge in [0.25, 0.3) is 0 Å². The average molecular weight is 308 g/mol. The van der Waals surface area contributed by atoms with E-state index in [1.807, 2.05) is 32.9 Å². The number of hydrogen-bond donors (Lipinski definition) is 1. The van der Waals surface area contributed by atoms with Gasteiger partial charge >= 0.3 is 6.03 Å². The van der Waals surface area contributed by atoms with Gasteiger partial charge in [-0.15, -0.1) is 11.3 Å². The van der Waals surface area contributed by atoms with E-state index in [0.717, 1.165) is 11.3 Å². The molecule has 5 nitrogen and oxygen atoms in total. The zero-order valence-electron chi connectivity index (χ0n) is 12.5. The zero-order chi connectivity index (χ0) is 15.6. The number of nitrogens with one attached hydrogen (secondary N) is 1. The maximum atomic E-state index is 12.4. The summed E-state index contributed by atoms with van der Waals surface area (Å²) >= 11 is 1.66. The first-order valence-electron chi connectivity index (χ1n) is 7.17. The van der Waals surface area contributed by atoms with Crippen LogP contribution < -0.4 is 5.32 Å². The minimum Gasteiger partial charge on any atom is -0.277 e. The van der Waals surface area contributed by atoms with Crippen molar-refractivity contribution in [2.45, 2.75) is 46.1 Å². The Bertz CT molecular complexity index is 567. The summed E-state index contributed by atoms with van der Waals surface area (Å²) in [6.45, 7) is 5.78. The summed E-state index contributed by atoms with van der Waals surface area (Å²) in [6, 6.07) is 3.17. The van der Waals surface area contributed by atoms with Gasteiger partial charge in [0.2, 0.25) is 11.8 Å². The third-order valence-corrected chi connectivity index (χ3v) is 4.63. The monoisotopic (exact) mass is 308 g/mol. The quantitative estimate of drug-likeness (QED) is 0.850. The fourth-order valence-corrected chi connectivity index (χ4v) is 3.58. The molecule has 0 bridgehead atoms. The molecule has 1 N–H and O–H groups in total. The highest BCUT2D eigenvalue weighted by Gasteiger charge is 2.41. The van der Waals surface area contributed by atoms with Gasteiger partial charge in [0.05, 0.1) is 0 Å². The largest absolute Gasteiger partial charge is 0.331 e. The zero-order valence-corrected chi connectivity index (χ0v) is 13.3. The molecule has 0 saturated carbocycles. The molecular weight excluding hydrogens is 288 g/mol. The van der Waals surface area contributed by atoms with Gasteiger partial charge in [-0.2, -0.15) is 0 Å². The lowest BCUT2D eigenvalue weighted by molar-refractivity contribution is -0.144. The lowest BCUT2D eigenvalue weighted by Gasteiger charge is -2.34. The Kier molecular flexibility index (Phi) is 4.77. The summed E-state index contributed by atoms with van der Waals surface area (Å²) in [5.41, 5.74) is 0. The summed E-state index contributed by atoms with van der Waals surface area (Å²) in [5.74, 6) is -1.58. The number of nitrogens with zero attached hydrogens (tertiary/aromatic N) is 1. The number of carbonyl (C=O) groups is 3. The first kappa shape index (κ1) is 15.7. The molecule has 2 atom stereocenters. The molecule has 1 saturated heterocycles. The van der Waals surface area contributed by atoms with Crippen molar-refractivity contribution in [3.8, 4) is 0 Å². The van der Waals surface area contributed by atoms with Gasteiger partial charge in [-0.1, -0.05) is 13.3 Å². The summed E-state index contributed by atoms with van der Waals surface area (Å²) in [4.78, 5) is 39.7. The summed E-state index contributed by atoms with van der Waals surface area (Å²) in [5, 5.41) is 2.30. The van der Waals surface area contributed by atoms with Crippen LogP contribution in [0.4, 0.5) is 4.79 Å². The van der Waals surface area contributed by atoms with E-state index in [9.17, 15) is 14.4 Å². The number of barbiturate groups is 1. The number of aryl methyl sites for hydroxylation is 1. The van der Waals surface area contributed by atoms with Crippen LogP contribution in [0.5, 0.6) is 0 Å². The highest BCUT2D eigenvalue weighted by molar-refractivity contribution is 7.11. The van der Waals surface area contributed by atoms with Crippen LogP contribution in [0.25, 0.3) is 0 Å². The van der Waals surface area contributed by atoms with Crippen molar-refractivity contribution in [1.82, 2.24) is 10.2 Å². The Hall–Kier alpha value is -1.69. The SMILES string of the molecule is CCCC1C(=O)NC(=O)N(C(C)Cc2ccc(C)s2)C1=O. The molecule has 114 valence electrons. The lowest BCUT2D eigenvalue weighted by atomic mass is 9.98. The second-order valence-electron chi connectivity index (χ2n) is 5.41. The standard InChI is InChI=1S/C15H20N2O3S/c1-4-5-12-13(18)16-15(20)17(14(12)19)9(2)8-11-7-6-10(3)21-11/h6-7,9,12H,4-5,8H2,1-3H3,(H,16,18,20). The first-order chi connectivity index (χ1) is 9.93. The summed E-state index contributed by atoms with van der Waals surface area (Å²) < 4.78 is 0. The van der Waals surface area contributed by atoms with Gasteiger partial charge in [0.1, 0.15) is 5.92 Å². The third-order valence-electron chi connectivity index (χ3n) is 3.61. The van der Waals surface area contributed by atoms with Crippen LogP contribution in [0.1, 0.15) is 36.4 Å². The molecule has 1 aromatic heterocycles. The Morgan fingerprint density at radius 1 is 1.33 bits per heavy atom. The third kappa shape index (κ3) is 3.32. The van der Waals surface area contributed by atoms with E-state index < -0.39 is 17.9 Å². The van der Waals surface area contributed by atoms with Crippen LogP contribution in [-0.2, 0) is 16.0 Å². The number of imide groups is 2. The fourth-order valence-electron chi connectivity index (χ4n) is 2.57. The van der Waals surface area contributed by atoms with E-state index in [2.05, 4.69) is 5.32 Å². The van der Waals surface area contributed by atoms with Gasteiger partial charge in [0.15, 0.2) is 0 Å². The second-order valence-corrected chi connectivity index (χ2v) is 6.78. The van der Waals surface area contributed by atoms with Crippen molar-refractivity contribution >= 4 is 29.2 Å². The van der Waals surface area contributed by atoms with Crippen LogP contribution in [0, 0.1) is 12.8 Å². The van der Waals surface area contributed by atoms with Crippen molar-refractivity contribution in [3.63, 3.8) is 0 Å². The Morgan fingerprint density at radius 2 is 2.05 bits per heavy atom. The lowest BCUT2D eigenvalue weighted by Crippen LogP contribution is -2.60. The molecule has 2 rings (SSSR count). The highest BCUT2D eigenvalue weighted by atomic mass is 32.1. The normalized spacial score (nSPS) is 20.6. The van der Waals surface area contributed by atoms with Crippen molar-refractivity contribution in [1.29, 1.82) is 0 Å². The smallest absolute Gasteiger partial charge is 0.277 e. The molecule has 0 aromatic carbocycles. The van der Waals surface area contributed by atoms with E-state index in [4.69, 9.17) is 0 Å². The van der Waals surface area contributed by atoms with E-state index in [0.29, 0.717) is 12.8 Å². The average Bonchev–Trinajstić information content (AvgIpc) is 2.79. The number of carbonyl (C=O) groups excluding carboxylic acids is 3. The molecule has 4 amide bonds. The van der Waals surface area contributed by atoms with E-state index >= 15 is 0 Å².